The first kappa shape index (κ1) is 12.6. The Labute approximate surface area is 119 Å². The van der Waals surface area contributed by atoms with Gasteiger partial charge in [-0.25, -0.2) is 9.67 Å². The third kappa shape index (κ3) is 2.21. The molecule has 1 aromatic carbocycles. The van der Waals surface area contributed by atoms with Crippen LogP contribution in [0.3, 0.4) is 0 Å². The van der Waals surface area contributed by atoms with Crippen molar-refractivity contribution in [3.63, 3.8) is 0 Å². The van der Waals surface area contributed by atoms with Crippen LogP contribution in [0, 0.1) is 0 Å². The van der Waals surface area contributed by atoms with E-state index >= 15 is 0 Å². The second-order valence-corrected chi connectivity index (χ2v) is 4.54. The Morgan fingerprint density at radius 2 is 2.15 bits per heavy atom. The molecule has 0 unspecified atom stereocenters. The molecule has 1 amide bonds. The standard InChI is InChI=1S/C13H10ClN5O/c1-19-13(15-7-16-19)18-12(20)10-6-8-4-2-3-5-9(8)11(14)17-10/h2-7H,1H3,(H,15,16,18,20). The lowest BCUT2D eigenvalue weighted by atomic mass is 10.1. The molecule has 20 heavy (non-hydrogen) atoms. The zero-order chi connectivity index (χ0) is 14.1. The number of amides is 1. The highest BCUT2D eigenvalue weighted by Gasteiger charge is 2.13. The van der Waals surface area contributed by atoms with Gasteiger partial charge in [0, 0.05) is 12.4 Å². The number of carbonyl (C=O) groups excluding carboxylic acids is 1. The van der Waals surface area contributed by atoms with Gasteiger partial charge >= 0.3 is 0 Å². The number of hydrogen-bond donors (Lipinski definition) is 1. The van der Waals surface area contributed by atoms with E-state index in [2.05, 4.69) is 20.4 Å². The summed E-state index contributed by atoms with van der Waals surface area (Å²) in [5.41, 5.74) is 0.233. The van der Waals surface area contributed by atoms with E-state index in [1.165, 1.54) is 11.0 Å². The van der Waals surface area contributed by atoms with Crippen LogP contribution in [0.5, 0.6) is 0 Å². The predicted octanol–water partition coefficient (Wildman–Crippen LogP) is 2.27. The first-order valence-electron chi connectivity index (χ1n) is 5.86. The number of pyridine rings is 1. The first-order valence-corrected chi connectivity index (χ1v) is 6.23. The maximum atomic E-state index is 12.1. The quantitative estimate of drug-likeness (QED) is 0.734. The van der Waals surface area contributed by atoms with Crippen molar-refractivity contribution in [2.75, 3.05) is 5.32 Å². The zero-order valence-electron chi connectivity index (χ0n) is 10.5. The summed E-state index contributed by atoms with van der Waals surface area (Å²) in [6, 6.07) is 9.17. The number of rotatable bonds is 2. The molecule has 2 heterocycles. The molecule has 0 aliphatic rings. The number of halogens is 1. The minimum atomic E-state index is -0.381. The predicted molar refractivity (Wildman–Crippen MR) is 75.7 cm³/mol. The first-order chi connectivity index (χ1) is 9.65. The van der Waals surface area contributed by atoms with Crippen LogP contribution in [0.25, 0.3) is 10.8 Å². The molecule has 3 rings (SSSR count). The summed E-state index contributed by atoms with van der Waals surface area (Å²) in [5, 5.41) is 8.47. The van der Waals surface area contributed by atoms with Crippen molar-refractivity contribution in [3.8, 4) is 0 Å². The summed E-state index contributed by atoms with van der Waals surface area (Å²) < 4.78 is 1.46. The lowest BCUT2D eigenvalue weighted by Crippen LogP contribution is -2.16. The van der Waals surface area contributed by atoms with Gasteiger partial charge in [0.15, 0.2) is 0 Å². The van der Waals surface area contributed by atoms with Gasteiger partial charge in [-0.2, -0.15) is 10.1 Å². The van der Waals surface area contributed by atoms with Gasteiger partial charge in [-0.15, -0.1) is 0 Å². The number of aryl methyl sites for hydroxylation is 1. The number of carbonyl (C=O) groups is 1. The van der Waals surface area contributed by atoms with Crippen LogP contribution in [0.15, 0.2) is 36.7 Å². The fourth-order valence-electron chi connectivity index (χ4n) is 1.85. The topological polar surface area (TPSA) is 72.7 Å². The van der Waals surface area contributed by atoms with Crippen molar-refractivity contribution in [1.29, 1.82) is 0 Å². The summed E-state index contributed by atoms with van der Waals surface area (Å²) in [6.07, 6.45) is 1.36. The number of anilines is 1. The molecule has 0 spiro atoms. The fourth-order valence-corrected chi connectivity index (χ4v) is 2.11. The van der Waals surface area contributed by atoms with E-state index in [1.54, 1.807) is 13.1 Å². The van der Waals surface area contributed by atoms with Crippen LogP contribution < -0.4 is 5.32 Å². The van der Waals surface area contributed by atoms with Crippen molar-refractivity contribution in [1.82, 2.24) is 19.7 Å². The van der Waals surface area contributed by atoms with Gasteiger partial charge in [-0.3, -0.25) is 10.1 Å². The monoisotopic (exact) mass is 287 g/mol. The third-order valence-corrected chi connectivity index (χ3v) is 3.15. The van der Waals surface area contributed by atoms with Gasteiger partial charge in [-0.05, 0) is 11.5 Å². The fraction of sp³-hybridized carbons (Fsp3) is 0.0769. The van der Waals surface area contributed by atoms with Crippen molar-refractivity contribution >= 4 is 34.2 Å². The number of hydrogen-bond acceptors (Lipinski definition) is 4. The lowest BCUT2D eigenvalue weighted by Gasteiger charge is -2.06. The molecular formula is C13H10ClN5O. The average Bonchev–Trinajstić information content (AvgIpc) is 2.84. The van der Waals surface area contributed by atoms with E-state index in [9.17, 15) is 4.79 Å². The van der Waals surface area contributed by atoms with E-state index in [4.69, 9.17) is 11.6 Å². The molecule has 100 valence electrons. The van der Waals surface area contributed by atoms with Crippen molar-refractivity contribution in [2.24, 2.45) is 7.05 Å². The van der Waals surface area contributed by atoms with Crippen LogP contribution >= 0.6 is 11.6 Å². The molecule has 0 fully saturated rings. The average molecular weight is 288 g/mol. The number of fused-ring (bicyclic) bond motifs is 1. The third-order valence-electron chi connectivity index (χ3n) is 2.86. The van der Waals surface area contributed by atoms with Crippen molar-refractivity contribution in [3.05, 3.63) is 47.5 Å². The maximum Gasteiger partial charge on any atom is 0.276 e. The summed E-state index contributed by atoms with van der Waals surface area (Å²) in [7, 11) is 1.68. The highest BCUT2D eigenvalue weighted by molar-refractivity contribution is 6.34. The smallest absolute Gasteiger partial charge is 0.276 e. The van der Waals surface area contributed by atoms with Crippen LogP contribution in [0.4, 0.5) is 5.95 Å². The molecule has 0 saturated carbocycles. The van der Waals surface area contributed by atoms with Crippen LogP contribution in [-0.2, 0) is 7.05 Å². The largest absolute Gasteiger partial charge is 0.289 e. The van der Waals surface area contributed by atoms with Crippen molar-refractivity contribution in [2.45, 2.75) is 0 Å². The number of nitrogens with one attached hydrogen (secondary N) is 1. The molecule has 2 aromatic heterocycles. The highest BCUT2D eigenvalue weighted by atomic mass is 35.5. The summed E-state index contributed by atoms with van der Waals surface area (Å²) in [6.45, 7) is 0. The Bertz CT molecular complexity index is 798. The molecule has 0 saturated heterocycles. The molecular weight excluding hydrogens is 278 g/mol. The summed E-state index contributed by atoms with van der Waals surface area (Å²) in [4.78, 5) is 20.2. The van der Waals surface area contributed by atoms with E-state index in [-0.39, 0.29) is 11.6 Å². The van der Waals surface area contributed by atoms with Gasteiger partial charge < -0.3 is 0 Å². The number of benzene rings is 1. The van der Waals surface area contributed by atoms with Crippen molar-refractivity contribution < 1.29 is 4.79 Å². The summed E-state index contributed by atoms with van der Waals surface area (Å²) in [5.74, 6) is -0.0326. The minimum absolute atomic E-state index is 0.233. The van der Waals surface area contributed by atoms with E-state index in [0.717, 1.165) is 10.8 Å². The van der Waals surface area contributed by atoms with Crippen LogP contribution in [0.2, 0.25) is 5.15 Å². The van der Waals surface area contributed by atoms with E-state index < -0.39 is 0 Å². The van der Waals surface area contributed by atoms with E-state index in [1.807, 2.05) is 24.3 Å². The molecule has 7 heteroatoms. The van der Waals surface area contributed by atoms with E-state index in [0.29, 0.717) is 11.1 Å². The molecule has 0 radical (unpaired) electrons. The molecule has 0 bridgehead atoms. The number of aromatic nitrogens is 4. The Hall–Kier alpha value is -2.47. The Morgan fingerprint density at radius 3 is 2.90 bits per heavy atom. The second kappa shape index (κ2) is 4.90. The second-order valence-electron chi connectivity index (χ2n) is 4.18. The van der Waals surface area contributed by atoms with Gasteiger partial charge in [0.25, 0.3) is 5.91 Å². The molecule has 3 aromatic rings. The van der Waals surface area contributed by atoms with Gasteiger partial charge in [0.2, 0.25) is 5.95 Å². The van der Waals surface area contributed by atoms with Crippen LogP contribution in [0.1, 0.15) is 10.5 Å². The van der Waals surface area contributed by atoms with Gasteiger partial charge in [-0.1, -0.05) is 35.9 Å². The highest BCUT2D eigenvalue weighted by Crippen LogP contribution is 2.22. The molecule has 0 aliphatic carbocycles. The van der Waals surface area contributed by atoms with Crippen LogP contribution in [-0.4, -0.2) is 25.7 Å². The minimum Gasteiger partial charge on any atom is -0.289 e. The normalized spacial score (nSPS) is 10.7. The molecule has 1 N–H and O–H groups in total. The maximum absolute atomic E-state index is 12.1. The lowest BCUT2D eigenvalue weighted by molar-refractivity contribution is 0.102. The Morgan fingerprint density at radius 1 is 1.35 bits per heavy atom. The molecule has 0 aliphatic heterocycles. The molecule has 6 nitrogen and oxygen atoms in total. The Kier molecular flexibility index (Phi) is 3.08. The van der Waals surface area contributed by atoms with Gasteiger partial charge in [0.05, 0.1) is 0 Å². The Balaban J connectivity index is 1.98. The summed E-state index contributed by atoms with van der Waals surface area (Å²) >= 11 is 6.10. The van der Waals surface area contributed by atoms with Gasteiger partial charge in [0.1, 0.15) is 17.2 Å². The molecule has 0 atom stereocenters. The SMILES string of the molecule is Cn1ncnc1NC(=O)c1cc2ccccc2c(Cl)n1. The number of nitrogens with zero attached hydrogens (tertiary/aromatic N) is 4. The zero-order valence-corrected chi connectivity index (χ0v) is 11.3.